The molecule has 2 aromatic rings. The van der Waals surface area contributed by atoms with Crippen LogP contribution in [-0.2, 0) is 10.0 Å². The number of carboxylic acid groups (broad SMARTS) is 1. The second-order valence-corrected chi connectivity index (χ2v) is 7.13. The van der Waals surface area contributed by atoms with Gasteiger partial charge in [0.1, 0.15) is 16.2 Å². The van der Waals surface area contributed by atoms with Gasteiger partial charge in [-0.25, -0.2) is 9.80 Å². The van der Waals surface area contributed by atoms with Crippen LogP contribution in [0.25, 0.3) is 0 Å². The summed E-state index contributed by atoms with van der Waals surface area (Å²) in [5, 5.41) is 33.3. The summed E-state index contributed by atoms with van der Waals surface area (Å²) in [7, 11) is -3.84. The van der Waals surface area contributed by atoms with Gasteiger partial charge in [-0.2, -0.15) is 13.5 Å². The Morgan fingerprint density at radius 2 is 1.96 bits per heavy atom. The summed E-state index contributed by atoms with van der Waals surface area (Å²) >= 11 is 0. The molecule has 3 rings (SSSR count). The number of rotatable bonds is 5. The lowest BCUT2D eigenvalue weighted by Crippen LogP contribution is -2.28. The summed E-state index contributed by atoms with van der Waals surface area (Å²) in [6.45, 7) is -0.336. The molecule has 0 aliphatic carbocycles. The molecule has 0 amide bonds. The van der Waals surface area contributed by atoms with Crippen molar-refractivity contribution in [1.82, 2.24) is 5.01 Å². The van der Waals surface area contributed by atoms with Crippen molar-refractivity contribution < 1.29 is 28.5 Å². The van der Waals surface area contributed by atoms with Gasteiger partial charge in [0.2, 0.25) is 0 Å². The Morgan fingerprint density at radius 3 is 2.67 bits per heavy atom. The van der Waals surface area contributed by atoms with Gasteiger partial charge >= 0.3 is 5.97 Å². The van der Waals surface area contributed by atoms with Crippen LogP contribution in [0.5, 0.6) is 5.75 Å². The summed E-state index contributed by atoms with van der Waals surface area (Å²) in [6, 6.07) is 10.1. The van der Waals surface area contributed by atoms with Gasteiger partial charge in [-0.15, -0.1) is 4.40 Å². The minimum atomic E-state index is -3.84. The molecule has 10 heteroatoms. The third kappa shape index (κ3) is 3.66. The first-order chi connectivity index (χ1) is 12.8. The first kappa shape index (κ1) is 18.5. The van der Waals surface area contributed by atoms with Crippen molar-refractivity contribution in [2.45, 2.75) is 4.90 Å². The SMILES string of the molecule is O=C(O)c1cc(C=NN(CCO)C2=NS(=O)(=O)c3ccccc32)ccc1O. The highest BCUT2D eigenvalue weighted by Gasteiger charge is 2.31. The third-order valence-electron chi connectivity index (χ3n) is 3.77. The van der Waals surface area contributed by atoms with E-state index in [9.17, 15) is 23.4 Å². The fourth-order valence-electron chi connectivity index (χ4n) is 2.53. The smallest absolute Gasteiger partial charge is 0.339 e. The van der Waals surface area contributed by atoms with Crippen molar-refractivity contribution in [1.29, 1.82) is 0 Å². The van der Waals surface area contributed by atoms with E-state index in [1.54, 1.807) is 18.2 Å². The number of phenols is 1. The molecule has 1 aliphatic rings. The largest absolute Gasteiger partial charge is 0.507 e. The molecule has 0 unspecified atom stereocenters. The van der Waals surface area contributed by atoms with Crippen molar-refractivity contribution in [2.24, 2.45) is 9.50 Å². The first-order valence-electron chi connectivity index (χ1n) is 7.76. The van der Waals surface area contributed by atoms with E-state index in [-0.39, 0.29) is 35.2 Å². The van der Waals surface area contributed by atoms with E-state index in [1.165, 1.54) is 35.5 Å². The number of carbonyl (C=O) groups is 1. The Labute approximate surface area is 154 Å². The van der Waals surface area contributed by atoms with Crippen LogP contribution in [0.3, 0.4) is 0 Å². The summed E-state index contributed by atoms with van der Waals surface area (Å²) in [5.41, 5.74) is 0.432. The molecule has 0 aromatic heterocycles. The van der Waals surface area contributed by atoms with Crippen molar-refractivity contribution in [3.63, 3.8) is 0 Å². The molecule has 1 heterocycles. The van der Waals surface area contributed by atoms with E-state index in [1.807, 2.05) is 0 Å². The number of carboxylic acids is 1. The lowest BCUT2D eigenvalue weighted by Gasteiger charge is -2.17. The van der Waals surface area contributed by atoms with Crippen LogP contribution in [0.15, 0.2) is 56.9 Å². The number of sulfonamides is 1. The number of hydrazone groups is 1. The van der Waals surface area contributed by atoms with Crippen LogP contribution in [0.1, 0.15) is 21.5 Å². The summed E-state index contributed by atoms with van der Waals surface area (Å²) in [6.07, 6.45) is 1.29. The van der Waals surface area contributed by atoms with Crippen LogP contribution in [0.2, 0.25) is 0 Å². The van der Waals surface area contributed by atoms with Crippen LogP contribution in [0, 0.1) is 0 Å². The molecule has 0 bridgehead atoms. The van der Waals surface area contributed by atoms with Crippen molar-refractivity contribution in [3.8, 4) is 5.75 Å². The maximum atomic E-state index is 12.2. The molecule has 1 aliphatic heterocycles. The minimum absolute atomic E-state index is 0.0247. The Bertz CT molecular complexity index is 1060. The molecule has 0 saturated heterocycles. The number of hydrogen-bond acceptors (Lipinski definition) is 7. The van der Waals surface area contributed by atoms with Crippen LogP contribution < -0.4 is 0 Å². The molecule has 140 valence electrons. The highest BCUT2D eigenvalue weighted by Crippen LogP contribution is 2.27. The van der Waals surface area contributed by atoms with Gasteiger partial charge in [-0.1, -0.05) is 12.1 Å². The highest BCUT2D eigenvalue weighted by atomic mass is 32.2. The zero-order chi connectivity index (χ0) is 19.6. The molecule has 0 saturated carbocycles. The van der Waals surface area contributed by atoms with Gasteiger partial charge in [0.05, 0.1) is 19.4 Å². The van der Waals surface area contributed by atoms with E-state index in [4.69, 9.17) is 5.11 Å². The Balaban J connectivity index is 1.98. The molecule has 0 spiro atoms. The zero-order valence-corrected chi connectivity index (χ0v) is 14.7. The number of aliphatic hydroxyl groups excluding tert-OH is 1. The molecule has 0 fully saturated rings. The molecule has 0 radical (unpaired) electrons. The quantitative estimate of drug-likeness (QED) is 0.509. The summed E-state index contributed by atoms with van der Waals surface area (Å²) in [5.74, 6) is -1.62. The van der Waals surface area contributed by atoms with E-state index in [0.717, 1.165) is 0 Å². The molecular weight excluding hydrogens is 374 g/mol. The number of hydrogen-bond donors (Lipinski definition) is 3. The summed E-state index contributed by atoms with van der Waals surface area (Å²) < 4.78 is 28.1. The second-order valence-electron chi connectivity index (χ2n) is 5.56. The first-order valence-corrected chi connectivity index (χ1v) is 9.20. The number of nitrogens with zero attached hydrogens (tertiary/aromatic N) is 3. The predicted molar refractivity (Wildman–Crippen MR) is 96.6 cm³/mol. The number of aromatic hydroxyl groups is 1. The van der Waals surface area contributed by atoms with Crippen LogP contribution in [-0.4, -0.2) is 59.9 Å². The van der Waals surface area contributed by atoms with Crippen LogP contribution in [0.4, 0.5) is 0 Å². The molecule has 27 heavy (non-hydrogen) atoms. The minimum Gasteiger partial charge on any atom is -0.507 e. The number of fused-ring (bicyclic) bond motifs is 1. The standard InChI is InChI=1S/C17H15N3O6S/c21-8-7-20(16-12-3-1-2-4-15(12)27(25,26)19-16)18-10-11-5-6-14(22)13(9-11)17(23)24/h1-6,9-10,21-22H,7-8H2,(H,23,24). The van der Waals surface area contributed by atoms with Gasteiger partial charge in [-0.3, -0.25) is 0 Å². The Hall–Kier alpha value is -3.24. The van der Waals surface area contributed by atoms with Gasteiger partial charge in [0.25, 0.3) is 10.0 Å². The highest BCUT2D eigenvalue weighted by molar-refractivity contribution is 7.90. The van der Waals surface area contributed by atoms with Crippen LogP contribution >= 0.6 is 0 Å². The third-order valence-corrected chi connectivity index (χ3v) is 5.09. The number of aromatic carboxylic acids is 1. The molecule has 3 N–H and O–H groups in total. The fraction of sp³-hybridized carbons (Fsp3) is 0.118. The lowest BCUT2D eigenvalue weighted by atomic mass is 10.1. The van der Waals surface area contributed by atoms with Crippen molar-refractivity contribution in [3.05, 3.63) is 59.2 Å². The summed E-state index contributed by atoms with van der Waals surface area (Å²) in [4.78, 5) is 11.2. The number of benzene rings is 2. The van der Waals surface area contributed by atoms with Gasteiger partial charge in [-0.05, 0) is 35.9 Å². The number of amidine groups is 1. The topological polar surface area (TPSA) is 140 Å². The average Bonchev–Trinajstić information content (AvgIpc) is 2.91. The van der Waals surface area contributed by atoms with Gasteiger partial charge in [0.15, 0.2) is 5.84 Å². The van der Waals surface area contributed by atoms with E-state index in [0.29, 0.717) is 11.1 Å². The van der Waals surface area contributed by atoms with E-state index >= 15 is 0 Å². The van der Waals surface area contributed by atoms with Crippen molar-refractivity contribution in [2.75, 3.05) is 13.2 Å². The Kier molecular flexibility index (Phi) is 4.93. The predicted octanol–water partition coefficient (Wildman–Crippen LogP) is 0.868. The normalized spacial score (nSPS) is 14.8. The maximum absolute atomic E-state index is 12.2. The van der Waals surface area contributed by atoms with Gasteiger partial charge in [0, 0.05) is 5.56 Å². The zero-order valence-electron chi connectivity index (χ0n) is 13.8. The fourth-order valence-corrected chi connectivity index (χ4v) is 3.74. The van der Waals surface area contributed by atoms with Crippen molar-refractivity contribution >= 4 is 28.0 Å². The average molecular weight is 389 g/mol. The number of aliphatic hydroxyl groups is 1. The molecular formula is C17H15N3O6S. The Morgan fingerprint density at radius 1 is 1.22 bits per heavy atom. The van der Waals surface area contributed by atoms with E-state index < -0.39 is 16.0 Å². The monoisotopic (exact) mass is 389 g/mol. The maximum Gasteiger partial charge on any atom is 0.339 e. The van der Waals surface area contributed by atoms with E-state index in [2.05, 4.69) is 9.50 Å². The van der Waals surface area contributed by atoms with Gasteiger partial charge < -0.3 is 15.3 Å². The molecule has 9 nitrogen and oxygen atoms in total. The lowest BCUT2D eigenvalue weighted by molar-refractivity contribution is 0.0693. The second kappa shape index (κ2) is 7.17. The molecule has 0 atom stereocenters. The molecule has 2 aromatic carbocycles.